The van der Waals surface area contributed by atoms with Gasteiger partial charge in [0, 0.05) is 50.5 Å². The Balaban J connectivity index is 1.22. The predicted octanol–water partition coefficient (Wildman–Crippen LogP) is 12.1. The number of pyridine rings is 1. The second-order valence-electron chi connectivity index (χ2n) is 13.5. The van der Waals surface area contributed by atoms with E-state index in [4.69, 9.17) is 9.47 Å². The summed E-state index contributed by atoms with van der Waals surface area (Å²) in [5, 5.41) is 2.42. The summed E-state index contributed by atoms with van der Waals surface area (Å²) in [5.74, 6) is 3.30. The van der Waals surface area contributed by atoms with Gasteiger partial charge in [0.1, 0.15) is 23.0 Å². The average molecular weight is 667 g/mol. The van der Waals surface area contributed by atoms with Crippen LogP contribution in [-0.2, 0) is 5.41 Å². The Kier molecular flexibility index (Phi) is 6.13. The summed E-state index contributed by atoms with van der Waals surface area (Å²) in [4.78, 5) is 4.66. The molecule has 4 heterocycles. The molecule has 11 rings (SSSR count). The van der Waals surface area contributed by atoms with Gasteiger partial charge in [-0.05, 0) is 77.9 Å². The summed E-state index contributed by atoms with van der Waals surface area (Å²) >= 11 is 0. The van der Waals surface area contributed by atoms with Crippen LogP contribution in [0.3, 0.4) is 0 Å². The average Bonchev–Trinajstić information content (AvgIpc) is 3.54. The Morgan fingerprint density at radius 1 is 0.442 bits per heavy atom. The van der Waals surface area contributed by atoms with E-state index in [-0.39, 0.29) is 0 Å². The fourth-order valence-electron chi connectivity index (χ4n) is 8.66. The molecule has 7 aromatic carbocycles. The number of para-hydroxylation sites is 4. The Bertz CT molecular complexity index is 2850. The molecule has 2 aliphatic rings. The molecule has 9 aromatic rings. The van der Waals surface area contributed by atoms with Crippen LogP contribution in [0.15, 0.2) is 182 Å². The quantitative estimate of drug-likeness (QED) is 0.188. The summed E-state index contributed by atoms with van der Waals surface area (Å²) < 4.78 is 16.0. The number of nitrogens with zero attached hydrogens (tertiary/aromatic N) is 2. The van der Waals surface area contributed by atoms with E-state index in [0.29, 0.717) is 0 Å². The monoisotopic (exact) mass is 666 g/mol. The SMILES string of the molecule is c1ccc(-n2c3ccccc3c3cc(-c4cccc5c4C4(c6ccccc6Oc6cc(-c7ccccn7)ccc64)c4ccccc4O5)ccc32)cc1. The molecule has 0 radical (unpaired) electrons. The van der Waals surface area contributed by atoms with E-state index in [1.54, 1.807) is 0 Å². The minimum atomic E-state index is -0.736. The summed E-state index contributed by atoms with van der Waals surface area (Å²) in [6.07, 6.45) is 1.83. The molecule has 2 aliphatic heterocycles. The van der Waals surface area contributed by atoms with Gasteiger partial charge in [-0.2, -0.15) is 0 Å². The summed E-state index contributed by atoms with van der Waals surface area (Å²) in [5.41, 5.74) is 11.2. The molecule has 0 bridgehead atoms. The van der Waals surface area contributed by atoms with E-state index in [9.17, 15) is 0 Å². The van der Waals surface area contributed by atoms with Crippen LogP contribution in [0.25, 0.3) is 49.9 Å². The van der Waals surface area contributed by atoms with Crippen LogP contribution in [0.1, 0.15) is 22.3 Å². The van der Waals surface area contributed by atoms with Crippen LogP contribution in [0, 0.1) is 0 Å². The Labute approximate surface area is 300 Å². The van der Waals surface area contributed by atoms with Gasteiger partial charge in [-0.25, -0.2) is 0 Å². The predicted molar refractivity (Wildman–Crippen MR) is 208 cm³/mol. The topological polar surface area (TPSA) is 36.3 Å². The highest BCUT2D eigenvalue weighted by molar-refractivity contribution is 6.10. The second kappa shape index (κ2) is 11.0. The third kappa shape index (κ3) is 4.00. The lowest BCUT2D eigenvalue weighted by atomic mass is 9.61. The van der Waals surface area contributed by atoms with Crippen molar-refractivity contribution in [3.05, 3.63) is 204 Å². The first-order chi connectivity index (χ1) is 25.8. The van der Waals surface area contributed by atoms with Crippen molar-refractivity contribution in [3.63, 3.8) is 0 Å². The molecule has 1 spiro atoms. The zero-order valence-electron chi connectivity index (χ0n) is 28.0. The normalized spacial score (nSPS) is 15.3. The molecule has 4 heteroatoms. The van der Waals surface area contributed by atoms with Gasteiger partial charge in [-0.1, -0.05) is 109 Å². The summed E-state index contributed by atoms with van der Waals surface area (Å²) in [6.45, 7) is 0. The van der Waals surface area contributed by atoms with Crippen molar-refractivity contribution in [2.24, 2.45) is 0 Å². The maximum absolute atomic E-state index is 6.85. The maximum Gasteiger partial charge on any atom is 0.132 e. The van der Waals surface area contributed by atoms with E-state index in [1.807, 2.05) is 30.5 Å². The molecule has 0 N–H and O–H groups in total. The fraction of sp³-hybridized carbons (Fsp3) is 0.0208. The van der Waals surface area contributed by atoms with Crippen LogP contribution in [0.4, 0.5) is 0 Å². The lowest BCUT2D eigenvalue weighted by Gasteiger charge is -2.45. The van der Waals surface area contributed by atoms with Gasteiger partial charge in [0.2, 0.25) is 0 Å². The Hall–Kier alpha value is -6.91. The third-order valence-corrected chi connectivity index (χ3v) is 10.8. The molecule has 0 amide bonds. The van der Waals surface area contributed by atoms with Gasteiger partial charge in [0.05, 0.1) is 22.1 Å². The molecule has 1 unspecified atom stereocenters. The van der Waals surface area contributed by atoms with Crippen LogP contribution in [0.5, 0.6) is 23.0 Å². The summed E-state index contributed by atoms with van der Waals surface area (Å²) in [7, 11) is 0. The van der Waals surface area contributed by atoms with Gasteiger partial charge in [-0.15, -0.1) is 0 Å². The van der Waals surface area contributed by atoms with Crippen molar-refractivity contribution in [1.82, 2.24) is 9.55 Å². The highest BCUT2D eigenvalue weighted by Gasteiger charge is 2.51. The minimum absolute atomic E-state index is 0.736. The molecule has 0 saturated heterocycles. The molecular formula is C48H30N2O2. The Morgan fingerprint density at radius 2 is 1.10 bits per heavy atom. The molecule has 0 saturated carbocycles. The molecule has 0 aliphatic carbocycles. The standard InChI is InChI=1S/C48H30N2O2/c1-2-13-33(14-3-1)50-41-20-7-4-15-35(41)36-29-31(25-27-42(36)50)34-16-12-23-45-47(34)48(37-17-5-8-21-43(37)51-45)38-18-6-9-22-44(38)52-46-30-32(24-26-39(46)48)40-19-10-11-28-49-40/h1-30H. The highest BCUT2D eigenvalue weighted by Crippen LogP contribution is 2.63. The van der Waals surface area contributed by atoms with E-state index in [0.717, 1.165) is 73.3 Å². The molecule has 0 fully saturated rings. The van der Waals surface area contributed by atoms with Crippen molar-refractivity contribution >= 4 is 21.8 Å². The van der Waals surface area contributed by atoms with Gasteiger partial charge < -0.3 is 14.0 Å². The first-order valence-electron chi connectivity index (χ1n) is 17.6. The van der Waals surface area contributed by atoms with Gasteiger partial charge in [-0.3, -0.25) is 4.98 Å². The van der Waals surface area contributed by atoms with Crippen molar-refractivity contribution in [1.29, 1.82) is 0 Å². The van der Waals surface area contributed by atoms with Crippen molar-refractivity contribution in [3.8, 4) is 51.1 Å². The number of fused-ring (bicyclic) bond motifs is 11. The van der Waals surface area contributed by atoms with Crippen LogP contribution < -0.4 is 9.47 Å². The molecule has 1 atom stereocenters. The van der Waals surface area contributed by atoms with E-state index in [2.05, 4.69) is 161 Å². The molecule has 244 valence electrons. The van der Waals surface area contributed by atoms with E-state index in [1.165, 1.54) is 21.8 Å². The largest absolute Gasteiger partial charge is 0.457 e. The molecule has 4 nitrogen and oxygen atoms in total. The molecular weight excluding hydrogens is 637 g/mol. The number of aromatic nitrogens is 2. The zero-order chi connectivity index (χ0) is 34.2. The zero-order valence-corrected chi connectivity index (χ0v) is 28.0. The maximum atomic E-state index is 6.85. The van der Waals surface area contributed by atoms with Crippen molar-refractivity contribution in [2.45, 2.75) is 5.41 Å². The van der Waals surface area contributed by atoms with Crippen LogP contribution >= 0.6 is 0 Å². The second-order valence-corrected chi connectivity index (χ2v) is 13.5. The van der Waals surface area contributed by atoms with Crippen LogP contribution in [0.2, 0.25) is 0 Å². The summed E-state index contributed by atoms with van der Waals surface area (Å²) in [6, 6.07) is 62.1. The Morgan fingerprint density at radius 3 is 1.90 bits per heavy atom. The molecule has 2 aromatic heterocycles. The number of ether oxygens (including phenoxy) is 2. The van der Waals surface area contributed by atoms with Crippen LogP contribution in [-0.4, -0.2) is 9.55 Å². The number of benzene rings is 7. The third-order valence-electron chi connectivity index (χ3n) is 10.8. The van der Waals surface area contributed by atoms with E-state index >= 15 is 0 Å². The minimum Gasteiger partial charge on any atom is -0.457 e. The highest BCUT2D eigenvalue weighted by atomic mass is 16.5. The lowest BCUT2D eigenvalue weighted by molar-refractivity contribution is 0.400. The number of rotatable bonds is 3. The van der Waals surface area contributed by atoms with Gasteiger partial charge in [0.25, 0.3) is 0 Å². The number of hydrogen-bond acceptors (Lipinski definition) is 3. The first-order valence-corrected chi connectivity index (χ1v) is 17.6. The van der Waals surface area contributed by atoms with E-state index < -0.39 is 5.41 Å². The molecule has 52 heavy (non-hydrogen) atoms. The smallest absolute Gasteiger partial charge is 0.132 e. The first kappa shape index (κ1) is 28.9. The number of hydrogen-bond donors (Lipinski definition) is 0. The van der Waals surface area contributed by atoms with Crippen molar-refractivity contribution < 1.29 is 9.47 Å². The lowest BCUT2D eigenvalue weighted by Crippen LogP contribution is -2.37. The van der Waals surface area contributed by atoms with Gasteiger partial charge >= 0.3 is 0 Å². The van der Waals surface area contributed by atoms with Gasteiger partial charge in [0.15, 0.2) is 0 Å². The fourth-order valence-corrected chi connectivity index (χ4v) is 8.66. The van der Waals surface area contributed by atoms with Crippen molar-refractivity contribution in [2.75, 3.05) is 0 Å².